The first kappa shape index (κ1) is 13.9. The Morgan fingerprint density at radius 2 is 1.86 bits per heavy atom. The molecule has 0 aliphatic rings. The van der Waals surface area contributed by atoms with Crippen molar-refractivity contribution >= 4 is 22.7 Å². The van der Waals surface area contributed by atoms with E-state index in [0.29, 0.717) is 5.88 Å². The molecule has 0 bridgehead atoms. The van der Waals surface area contributed by atoms with Gasteiger partial charge in [0.1, 0.15) is 5.75 Å². The highest BCUT2D eigenvalue weighted by molar-refractivity contribution is 7.98. The molecule has 0 saturated carbocycles. The molecule has 0 aliphatic heterocycles. The normalized spacial score (nSPS) is 10.8. The molecule has 3 rings (SSSR count). The maximum Gasteiger partial charge on any atom is 0.220 e. The number of fused-ring (bicyclic) bond motifs is 1. The molecular weight excluding hydrogens is 282 g/mol. The van der Waals surface area contributed by atoms with E-state index in [9.17, 15) is 5.11 Å². The van der Waals surface area contributed by atoms with E-state index < -0.39 is 0 Å². The molecule has 0 spiro atoms. The van der Waals surface area contributed by atoms with Crippen molar-refractivity contribution in [3.63, 3.8) is 0 Å². The van der Waals surface area contributed by atoms with Crippen LogP contribution in [0.15, 0.2) is 59.5 Å². The second-order valence-electron chi connectivity index (χ2n) is 4.57. The first-order valence-corrected chi connectivity index (χ1v) is 7.84. The summed E-state index contributed by atoms with van der Waals surface area (Å²) in [5.41, 5.74) is 1.64. The fraction of sp³-hybridized carbons (Fsp3) is 0.118. The molecule has 106 valence electrons. The molecule has 1 N–H and O–H groups in total. The molecule has 3 nitrogen and oxygen atoms in total. The van der Waals surface area contributed by atoms with Crippen molar-refractivity contribution in [2.24, 2.45) is 0 Å². The zero-order valence-corrected chi connectivity index (χ0v) is 12.4. The molecule has 1 heterocycles. The second-order valence-corrected chi connectivity index (χ2v) is 5.45. The number of ether oxygens (including phenoxy) is 1. The van der Waals surface area contributed by atoms with Gasteiger partial charge >= 0.3 is 0 Å². The summed E-state index contributed by atoms with van der Waals surface area (Å²) in [5, 5.41) is 10.5. The van der Waals surface area contributed by atoms with Crippen LogP contribution in [0.2, 0.25) is 0 Å². The van der Waals surface area contributed by atoms with Crippen LogP contribution in [-0.4, -0.2) is 16.3 Å². The van der Waals surface area contributed by atoms with Gasteiger partial charge in [0.25, 0.3) is 0 Å². The van der Waals surface area contributed by atoms with Crippen LogP contribution in [0.25, 0.3) is 10.9 Å². The fourth-order valence-corrected chi connectivity index (χ4v) is 2.58. The molecule has 0 radical (unpaired) electrons. The molecule has 1 aromatic heterocycles. The molecule has 0 amide bonds. The Morgan fingerprint density at radius 1 is 1.10 bits per heavy atom. The zero-order chi connectivity index (χ0) is 14.7. The number of thioether (sulfide) groups is 1. The van der Waals surface area contributed by atoms with Crippen molar-refractivity contribution in [3.05, 3.63) is 60.2 Å². The number of aromatic nitrogens is 1. The Kier molecular flexibility index (Phi) is 4.08. The quantitative estimate of drug-likeness (QED) is 0.731. The van der Waals surface area contributed by atoms with E-state index in [-0.39, 0.29) is 6.61 Å². The van der Waals surface area contributed by atoms with Gasteiger partial charge in [-0.15, -0.1) is 11.8 Å². The van der Waals surface area contributed by atoms with E-state index >= 15 is 0 Å². The monoisotopic (exact) mass is 297 g/mol. The molecule has 2 aromatic carbocycles. The number of para-hydroxylation sites is 1. The molecule has 0 unspecified atom stereocenters. The van der Waals surface area contributed by atoms with Crippen molar-refractivity contribution in [2.75, 3.05) is 6.26 Å². The minimum Gasteiger partial charge on any atom is -0.439 e. The van der Waals surface area contributed by atoms with Gasteiger partial charge in [0, 0.05) is 16.3 Å². The van der Waals surface area contributed by atoms with Crippen LogP contribution in [0, 0.1) is 0 Å². The van der Waals surface area contributed by atoms with Crippen LogP contribution >= 0.6 is 11.8 Å². The van der Waals surface area contributed by atoms with Gasteiger partial charge in [0.15, 0.2) is 0 Å². The van der Waals surface area contributed by atoms with Gasteiger partial charge in [-0.3, -0.25) is 0 Å². The van der Waals surface area contributed by atoms with Gasteiger partial charge < -0.3 is 9.84 Å². The Hall–Kier alpha value is -2.04. The summed E-state index contributed by atoms with van der Waals surface area (Å²) in [4.78, 5) is 5.67. The SMILES string of the molecule is CSc1ccc(Oc2cc(CO)c3ccccc3n2)cc1. The fourth-order valence-electron chi connectivity index (χ4n) is 2.17. The third kappa shape index (κ3) is 3.01. The third-order valence-corrected chi connectivity index (χ3v) is 3.97. The van der Waals surface area contributed by atoms with Gasteiger partial charge in [-0.25, -0.2) is 4.98 Å². The number of aliphatic hydroxyl groups excluding tert-OH is 1. The lowest BCUT2D eigenvalue weighted by molar-refractivity contribution is 0.282. The van der Waals surface area contributed by atoms with Crippen LogP contribution in [-0.2, 0) is 6.61 Å². The number of pyridine rings is 1. The average Bonchev–Trinajstić information content (AvgIpc) is 2.55. The summed E-state index contributed by atoms with van der Waals surface area (Å²) in [6, 6.07) is 17.4. The van der Waals surface area contributed by atoms with Gasteiger partial charge in [0.2, 0.25) is 5.88 Å². The maximum atomic E-state index is 9.51. The van der Waals surface area contributed by atoms with Gasteiger partial charge in [-0.1, -0.05) is 18.2 Å². The minimum absolute atomic E-state index is 0.0369. The van der Waals surface area contributed by atoms with E-state index in [2.05, 4.69) is 4.98 Å². The van der Waals surface area contributed by atoms with Crippen molar-refractivity contribution in [1.82, 2.24) is 4.98 Å². The lowest BCUT2D eigenvalue weighted by Crippen LogP contribution is -1.93. The standard InChI is InChI=1S/C17H15NO2S/c1-21-14-8-6-13(7-9-14)20-17-10-12(11-19)15-4-2-3-5-16(15)18-17/h2-10,19H,11H2,1H3. The number of benzene rings is 2. The molecule has 3 aromatic rings. The molecule has 0 aliphatic carbocycles. The van der Waals surface area contributed by atoms with E-state index in [4.69, 9.17) is 4.74 Å². The Morgan fingerprint density at radius 3 is 2.57 bits per heavy atom. The van der Waals surface area contributed by atoms with Crippen molar-refractivity contribution < 1.29 is 9.84 Å². The van der Waals surface area contributed by atoms with Gasteiger partial charge in [-0.2, -0.15) is 0 Å². The number of hydrogen-bond acceptors (Lipinski definition) is 4. The Bertz CT molecular complexity index is 756. The van der Waals surface area contributed by atoms with Gasteiger partial charge in [-0.05, 0) is 42.2 Å². The summed E-state index contributed by atoms with van der Waals surface area (Å²) in [6.07, 6.45) is 2.04. The first-order chi connectivity index (χ1) is 10.3. The molecule has 0 atom stereocenters. The molecular formula is C17H15NO2S. The van der Waals surface area contributed by atoms with E-state index in [0.717, 1.165) is 22.2 Å². The summed E-state index contributed by atoms with van der Waals surface area (Å²) < 4.78 is 5.80. The largest absolute Gasteiger partial charge is 0.439 e. The smallest absolute Gasteiger partial charge is 0.220 e. The topological polar surface area (TPSA) is 42.4 Å². The Labute approximate surface area is 127 Å². The molecule has 4 heteroatoms. The summed E-state index contributed by atoms with van der Waals surface area (Å²) in [5.74, 6) is 1.23. The zero-order valence-electron chi connectivity index (χ0n) is 11.6. The predicted octanol–water partition coefficient (Wildman–Crippen LogP) is 4.24. The van der Waals surface area contributed by atoms with Gasteiger partial charge in [0.05, 0.1) is 12.1 Å². The molecule has 0 saturated heterocycles. The number of aliphatic hydroxyl groups is 1. The van der Waals surface area contributed by atoms with Crippen LogP contribution in [0.4, 0.5) is 0 Å². The van der Waals surface area contributed by atoms with E-state index in [1.807, 2.05) is 54.8 Å². The number of nitrogens with zero attached hydrogens (tertiary/aromatic N) is 1. The lowest BCUT2D eigenvalue weighted by atomic mass is 10.1. The Balaban J connectivity index is 1.96. The third-order valence-electron chi connectivity index (χ3n) is 3.23. The highest BCUT2D eigenvalue weighted by atomic mass is 32.2. The van der Waals surface area contributed by atoms with Crippen molar-refractivity contribution in [3.8, 4) is 11.6 Å². The minimum atomic E-state index is -0.0369. The predicted molar refractivity (Wildman–Crippen MR) is 86.0 cm³/mol. The summed E-state index contributed by atoms with van der Waals surface area (Å²) >= 11 is 1.69. The van der Waals surface area contributed by atoms with E-state index in [1.54, 1.807) is 17.8 Å². The van der Waals surface area contributed by atoms with Crippen LogP contribution < -0.4 is 4.74 Å². The first-order valence-electron chi connectivity index (χ1n) is 6.61. The lowest BCUT2D eigenvalue weighted by Gasteiger charge is -2.09. The maximum absolute atomic E-state index is 9.51. The second kappa shape index (κ2) is 6.16. The van der Waals surface area contributed by atoms with Crippen molar-refractivity contribution in [1.29, 1.82) is 0 Å². The van der Waals surface area contributed by atoms with Crippen LogP contribution in [0.1, 0.15) is 5.56 Å². The van der Waals surface area contributed by atoms with E-state index in [1.165, 1.54) is 4.90 Å². The average molecular weight is 297 g/mol. The highest BCUT2D eigenvalue weighted by Crippen LogP contribution is 2.27. The summed E-state index contributed by atoms with van der Waals surface area (Å²) in [7, 11) is 0. The molecule has 0 fully saturated rings. The van der Waals surface area contributed by atoms with Crippen LogP contribution in [0.5, 0.6) is 11.6 Å². The number of rotatable bonds is 4. The summed E-state index contributed by atoms with van der Waals surface area (Å²) in [6.45, 7) is -0.0369. The highest BCUT2D eigenvalue weighted by Gasteiger charge is 2.06. The molecule has 21 heavy (non-hydrogen) atoms. The number of hydrogen-bond donors (Lipinski definition) is 1. The van der Waals surface area contributed by atoms with Crippen molar-refractivity contribution in [2.45, 2.75) is 11.5 Å². The van der Waals surface area contributed by atoms with Crippen LogP contribution in [0.3, 0.4) is 0 Å².